The van der Waals surface area contributed by atoms with Gasteiger partial charge in [0.1, 0.15) is 0 Å². The van der Waals surface area contributed by atoms with Gasteiger partial charge in [-0.1, -0.05) is 29.5 Å². The van der Waals surface area contributed by atoms with E-state index >= 15 is 0 Å². The zero-order chi connectivity index (χ0) is 18.2. The molecule has 6 heteroatoms. The van der Waals surface area contributed by atoms with Crippen LogP contribution in [0.15, 0.2) is 48.7 Å². The molecule has 1 fully saturated rings. The minimum absolute atomic E-state index is 0.0108. The molecule has 0 aliphatic carbocycles. The first kappa shape index (κ1) is 16.3. The van der Waals surface area contributed by atoms with E-state index in [1.165, 1.54) is 12.8 Å². The number of carbonyl (C=O) groups excluding carboxylic acids is 1. The molecule has 4 aromatic rings. The number of nitrogens with zero attached hydrogens (tertiary/aromatic N) is 2. The smallest absolute Gasteiger partial charge is 0.228 e. The lowest BCUT2D eigenvalue weighted by Crippen LogP contribution is -2.16. The van der Waals surface area contributed by atoms with Crippen molar-refractivity contribution in [1.82, 2.24) is 9.97 Å². The molecular weight excluding hydrogens is 356 g/mol. The number of benzene rings is 2. The summed E-state index contributed by atoms with van der Waals surface area (Å²) in [6.45, 7) is 2.18. The highest BCUT2D eigenvalue weighted by Gasteiger charge is 2.16. The molecule has 0 spiro atoms. The van der Waals surface area contributed by atoms with Crippen molar-refractivity contribution in [1.29, 1.82) is 0 Å². The Labute approximate surface area is 161 Å². The predicted molar refractivity (Wildman–Crippen MR) is 112 cm³/mol. The summed E-state index contributed by atoms with van der Waals surface area (Å²) in [5.74, 6) is -0.0108. The van der Waals surface area contributed by atoms with Crippen molar-refractivity contribution in [3.8, 4) is 0 Å². The van der Waals surface area contributed by atoms with Crippen LogP contribution in [0.25, 0.3) is 21.1 Å². The highest BCUT2D eigenvalue weighted by molar-refractivity contribution is 7.22. The second kappa shape index (κ2) is 6.70. The van der Waals surface area contributed by atoms with Crippen LogP contribution in [-0.4, -0.2) is 29.0 Å². The Morgan fingerprint density at radius 2 is 2.04 bits per heavy atom. The van der Waals surface area contributed by atoms with Gasteiger partial charge in [-0.2, -0.15) is 0 Å². The Bertz CT molecular complexity index is 1120. The molecule has 0 radical (unpaired) electrons. The predicted octanol–water partition coefficient (Wildman–Crippen LogP) is 4.56. The van der Waals surface area contributed by atoms with E-state index in [1.54, 1.807) is 11.3 Å². The van der Waals surface area contributed by atoms with E-state index in [9.17, 15) is 4.79 Å². The molecule has 5 nitrogen and oxygen atoms in total. The number of fused-ring (bicyclic) bond motifs is 2. The molecule has 1 amide bonds. The molecule has 0 saturated carbocycles. The van der Waals surface area contributed by atoms with E-state index in [1.807, 2.05) is 48.7 Å². The second-order valence-electron chi connectivity index (χ2n) is 6.96. The average molecular weight is 376 g/mol. The summed E-state index contributed by atoms with van der Waals surface area (Å²) in [7, 11) is 0. The quantitative estimate of drug-likeness (QED) is 0.549. The topological polar surface area (TPSA) is 61.0 Å². The summed E-state index contributed by atoms with van der Waals surface area (Å²) in [6.07, 6.45) is 4.75. The molecular formula is C21H20N4OS. The first-order chi connectivity index (χ1) is 13.3. The van der Waals surface area contributed by atoms with E-state index < -0.39 is 0 Å². The SMILES string of the molecule is O=C(Cc1c[nH]c2ccccc12)Nc1ccc2nc(N3CCCC3)sc2c1. The van der Waals surface area contributed by atoms with Crippen molar-refractivity contribution in [3.63, 3.8) is 0 Å². The lowest BCUT2D eigenvalue weighted by molar-refractivity contribution is -0.115. The lowest BCUT2D eigenvalue weighted by Gasteiger charge is -2.11. The van der Waals surface area contributed by atoms with Gasteiger partial charge in [-0.25, -0.2) is 4.98 Å². The maximum Gasteiger partial charge on any atom is 0.228 e. The molecule has 2 aromatic carbocycles. The van der Waals surface area contributed by atoms with Gasteiger partial charge in [0.2, 0.25) is 5.91 Å². The molecule has 2 N–H and O–H groups in total. The van der Waals surface area contributed by atoms with E-state index in [-0.39, 0.29) is 5.91 Å². The van der Waals surface area contributed by atoms with Crippen molar-refractivity contribution in [2.75, 3.05) is 23.3 Å². The molecule has 1 aliphatic heterocycles. The third kappa shape index (κ3) is 3.17. The number of thiazole rings is 1. The summed E-state index contributed by atoms with van der Waals surface area (Å²) in [5, 5.41) is 5.21. The number of aromatic amines is 1. The van der Waals surface area contributed by atoms with Gasteiger partial charge in [0.15, 0.2) is 5.13 Å². The van der Waals surface area contributed by atoms with Crippen LogP contribution in [0.5, 0.6) is 0 Å². The van der Waals surface area contributed by atoms with Crippen LogP contribution >= 0.6 is 11.3 Å². The van der Waals surface area contributed by atoms with E-state index in [0.717, 1.165) is 50.6 Å². The van der Waals surface area contributed by atoms with Gasteiger partial charge in [-0.3, -0.25) is 4.79 Å². The number of aromatic nitrogens is 2. The van der Waals surface area contributed by atoms with Crippen LogP contribution in [0.3, 0.4) is 0 Å². The van der Waals surface area contributed by atoms with Crippen LogP contribution in [-0.2, 0) is 11.2 Å². The maximum absolute atomic E-state index is 12.5. The van der Waals surface area contributed by atoms with Crippen molar-refractivity contribution in [2.45, 2.75) is 19.3 Å². The maximum atomic E-state index is 12.5. The fourth-order valence-electron chi connectivity index (χ4n) is 3.69. The van der Waals surface area contributed by atoms with Crippen LogP contribution in [0, 0.1) is 0 Å². The Kier molecular flexibility index (Phi) is 4.05. The highest BCUT2D eigenvalue weighted by atomic mass is 32.1. The van der Waals surface area contributed by atoms with Gasteiger partial charge in [0.25, 0.3) is 0 Å². The van der Waals surface area contributed by atoms with Crippen LogP contribution in [0.4, 0.5) is 10.8 Å². The largest absolute Gasteiger partial charge is 0.361 e. The molecule has 2 aromatic heterocycles. The Morgan fingerprint density at radius 1 is 1.19 bits per heavy atom. The Morgan fingerprint density at radius 3 is 2.93 bits per heavy atom. The first-order valence-corrected chi connectivity index (χ1v) is 10.1. The fourth-order valence-corrected chi connectivity index (χ4v) is 4.75. The number of nitrogens with one attached hydrogen (secondary N) is 2. The molecule has 27 heavy (non-hydrogen) atoms. The third-order valence-corrected chi connectivity index (χ3v) is 6.14. The number of H-pyrrole nitrogens is 1. The molecule has 0 unspecified atom stereocenters. The van der Waals surface area contributed by atoms with Gasteiger partial charge < -0.3 is 15.2 Å². The van der Waals surface area contributed by atoms with E-state index in [2.05, 4.69) is 15.2 Å². The number of hydrogen-bond donors (Lipinski definition) is 2. The standard InChI is InChI=1S/C21H20N4OS/c26-20(11-14-13-22-17-6-2-1-5-16(14)17)23-15-7-8-18-19(12-15)27-21(24-18)25-9-3-4-10-25/h1-2,5-8,12-13,22H,3-4,9-11H2,(H,23,26). The summed E-state index contributed by atoms with van der Waals surface area (Å²) in [4.78, 5) is 22.8. The number of rotatable bonds is 4. The molecule has 136 valence electrons. The summed E-state index contributed by atoms with van der Waals surface area (Å²) >= 11 is 1.70. The minimum Gasteiger partial charge on any atom is -0.361 e. The van der Waals surface area contributed by atoms with Crippen LogP contribution < -0.4 is 10.2 Å². The zero-order valence-corrected chi connectivity index (χ0v) is 15.7. The monoisotopic (exact) mass is 376 g/mol. The van der Waals surface area contributed by atoms with Gasteiger partial charge >= 0.3 is 0 Å². The number of amides is 1. The van der Waals surface area contributed by atoms with Crippen LogP contribution in [0.2, 0.25) is 0 Å². The Hall–Kier alpha value is -2.86. The third-order valence-electron chi connectivity index (χ3n) is 5.06. The van der Waals surface area contributed by atoms with Gasteiger partial charge in [-0.15, -0.1) is 0 Å². The summed E-state index contributed by atoms with van der Waals surface area (Å²) < 4.78 is 1.11. The molecule has 1 saturated heterocycles. The van der Waals surface area contributed by atoms with Crippen molar-refractivity contribution >= 4 is 49.2 Å². The number of para-hydroxylation sites is 1. The van der Waals surface area contributed by atoms with Crippen molar-refractivity contribution < 1.29 is 4.79 Å². The zero-order valence-electron chi connectivity index (χ0n) is 14.9. The van der Waals surface area contributed by atoms with E-state index in [4.69, 9.17) is 4.98 Å². The number of anilines is 2. The van der Waals surface area contributed by atoms with Crippen LogP contribution in [0.1, 0.15) is 18.4 Å². The molecule has 0 atom stereocenters. The van der Waals surface area contributed by atoms with Crippen molar-refractivity contribution in [3.05, 3.63) is 54.2 Å². The Balaban J connectivity index is 1.33. The second-order valence-corrected chi connectivity index (χ2v) is 7.97. The normalized spacial score (nSPS) is 14.3. The number of carbonyl (C=O) groups is 1. The molecule has 1 aliphatic rings. The van der Waals surface area contributed by atoms with E-state index in [0.29, 0.717) is 6.42 Å². The van der Waals surface area contributed by atoms with Crippen molar-refractivity contribution in [2.24, 2.45) is 0 Å². The fraction of sp³-hybridized carbons (Fsp3) is 0.238. The molecule has 3 heterocycles. The molecule has 0 bridgehead atoms. The van der Waals surface area contributed by atoms with Gasteiger partial charge in [-0.05, 0) is 42.7 Å². The summed E-state index contributed by atoms with van der Waals surface area (Å²) in [6, 6.07) is 14.0. The molecule has 5 rings (SSSR count). The minimum atomic E-state index is -0.0108. The van der Waals surface area contributed by atoms with Gasteiger partial charge in [0, 0.05) is 35.9 Å². The average Bonchev–Trinajstić information content (AvgIpc) is 3.41. The highest BCUT2D eigenvalue weighted by Crippen LogP contribution is 2.32. The summed E-state index contributed by atoms with van der Waals surface area (Å²) in [5.41, 5.74) is 3.89. The number of hydrogen-bond acceptors (Lipinski definition) is 4. The lowest BCUT2D eigenvalue weighted by atomic mass is 10.1. The first-order valence-electron chi connectivity index (χ1n) is 9.27. The van der Waals surface area contributed by atoms with Gasteiger partial charge in [0.05, 0.1) is 16.6 Å².